The van der Waals surface area contributed by atoms with Crippen LogP contribution in [0.1, 0.15) is 55.4 Å². The molecular weight excluding hydrogens is 382 g/mol. The lowest BCUT2D eigenvalue weighted by atomic mass is 10.6. The second-order valence-electron chi connectivity index (χ2n) is 7.57. The van der Waals surface area contributed by atoms with Gasteiger partial charge in [-0.05, 0) is 64.7 Å². The summed E-state index contributed by atoms with van der Waals surface area (Å²) in [6.07, 6.45) is 8.24. The zero-order valence-corrected chi connectivity index (χ0v) is 22.4. The molecule has 0 aromatic heterocycles. The van der Waals surface area contributed by atoms with Crippen LogP contribution in [0.5, 0.6) is 0 Å². The molecule has 4 nitrogen and oxygen atoms in total. The van der Waals surface area contributed by atoms with Crippen molar-refractivity contribution in [2.45, 2.75) is 55.4 Å². The average Bonchev–Trinajstić information content (AvgIpc) is 2.74. The van der Waals surface area contributed by atoms with Gasteiger partial charge in [-0.2, -0.15) is 0 Å². The Morgan fingerprint density at radius 2 is 0.536 bits per heavy atom. The van der Waals surface area contributed by atoms with Crippen molar-refractivity contribution in [1.82, 2.24) is 19.6 Å². The number of nitrogens with zero attached hydrogens (tertiary/aromatic N) is 4. The highest BCUT2D eigenvalue weighted by atomic mass is 31.1. The van der Waals surface area contributed by atoms with Crippen molar-refractivity contribution in [2.24, 2.45) is 0 Å². The maximum atomic E-state index is 2.66. The lowest BCUT2D eigenvalue weighted by Crippen LogP contribution is -2.31. The van der Waals surface area contributed by atoms with E-state index in [2.05, 4.69) is 75.0 Å². The summed E-state index contributed by atoms with van der Waals surface area (Å²) in [6.45, 7) is 28.1. The molecule has 28 heavy (non-hydrogen) atoms. The molecule has 0 aliphatic carbocycles. The second kappa shape index (κ2) is 18.5. The summed E-state index contributed by atoms with van der Waals surface area (Å²) < 4.78 is 0. The van der Waals surface area contributed by atoms with Crippen molar-refractivity contribution in [3.63, 3.8) is 0 Å². The lowest BCUT2D eigenvalue weighted by molar-refractivity contribution is 0.336. The maximum Gasteiger partial charge on any atom is 0.0195 e. The van der Waals surface area contributed by atoms with E-state index in [1.165, 1.54) is 89.8 Å². The van der Waals surface area contributed by atoms with Gasteiger partial charge in [-0.25, -0.2) is 0 Å². The summed E-state index contributed by atoms with van der Waals surface area (Å²) in [6, 6.07) is 0. The van der Waals surface area contributed by atoms with E-state index in [1.54, 1.807) is 0 Å². The molecule has 0 heterocycles. The van der Waals surface area contributed by atoms with Crippen molar-refractivity contribution >= 4 is 15.8 Å². The third kappa shape index (κ3) is 12.4. The van der Waals surface area contributed by atoms with Gasteiger partial charge in [-0.1, -0.05) is 71.2 Å². The largest absolute Gasteiger partial charge is 0.300 e. The van der Waals surface area contributed by atoms with Crippen molar-refractivity contribution in [3.05, 3.63) is 0 Å². The van der Waals surface area contributed by atoms with Crippen LogP contribution in [-0.4, -0.2) is 109 Å². The molecule has 0 bridgehead atoms. The summed E-state index contributed by atoms with van der Waals surface area (Å²) >= 11 is 0. The van der Waals surface area contributed by atoms with Crippen LogP contribution in [-0.2, 0) is 0 Å². The summed E-state index contributed by atoms with van der Waals surface area (Å²) in [4.78, 5) is 10.6. The molecule has 0 saturated heterocycles. The van der Waals surface area contributed by atoms with Crippen LogP contribution in [0.4, 0.5) is 0 Å². The Balaban J connectivity index is 5.05. The molecule has 0 radical (unpaired) electrons. The highest BCUT2D eigenvalue weighted by molar-refractivity contribution is 7.61. The standard InChI is InChI=1S/C22H52N4P2/c1-9-23(10-2)19-27(20-24(11-3)12-4)17-18-28(21-25(13-5)14-6)22-26(15-7)16-8/h9-22H2,1-8H3. The second-order valence-corrected chi connectivity index (χ2v) is 12.3. The molecule has 0 spiro atoms. The molecule has 0 rings (SSSR count). The molecule has 0 amide bonds. The van der Waals surface area contributed by atoms with Gasteiger partial charge in [0.1, 0.15) is 0 Å². The minimum atomic E-state index is 0.0688. The van der Waals surface area contributed by atoms with Gasteiger partial charge in [-0.15, -0.1) is 0 Å². The Morgan fingerprint density at radius 1 is 0.357 bits per heavy atom. The van der Waals surface area contributed by atoms with Gasteiger partial charge in [0, 0.05) is 25.1 Å². The molecule has 0 unspecified atom stereocenters. The summed E-state index contributed by atoms with van der Waals surface area (Å²) in [7, 11) is 0.138. The van der Waals surface area contributed by atoms with Crippen molar-refractivity contribution < 1.29 is 0 Å². The highest BCUT2D eigenvalue weighted by Gasteiger charge is 2.20. The van der Waals surface area contributed by atoms with Crippen LogP contribution in [0.15, 0.2) is 0 Å². The van der Waals surface area contributed by atoms with Crippen LogP contribution in [0, 0.1) is 0 Å². The summed E-state index contributed by atoms with van der Waals surface area (Å²) in [5.41, 5.74) is 0. The van der Waals surface area contributed by atoms with Crippen LogP contribution >= 0.6 is 15.8 Å². The summed E-state index contributed by atoms with van der Waals surface area (Å²) in [5.74, 6) is 0. The van der Waals surface area contributed by atoms with E-state index >= 15 is 0 Å². The fourth-order valence-electron chi connectivity index (χ4n) is 3.48. The van der Waals surface area contributed by atoms with Crippen molar-refractivity contribution in [2.75, 3.05) is 89.8 Å². The fraction of sp³-hybridized carbons (Fsp3) is 1.00. The maximum absolute atomic E-state index is 2.66. The van der Waals surface area contributed by atoms with E-state index in [4.69, 9.17) is 0 Å². The Bertz CT molecular complexity index is 270. The Labute approximate surface area is 180 Å². The predicted octanol–water partition coefficient (Wildman–Crippen LogP) is 5.15. The predicted molar refractivity (Wildman–Crippen MR) is 135 cm³/mol. The lowest BCUT2D eigenvalue weighted by Gasteiger charge is -2.34. The normalized spacial score (nSPS) is 12.6. The number of hydrogen-bond acceptors (Lipinski definition) is 4. The van der Waals surface area contributed by atoms with E-state index in [1.807, 2.05) is 0 Å². The van der Waals surface area contributed by atoms with E-state index < -0.39 is 0 Å². The zero-order chi connectivity index (χ0) is 21.4. The first-order valence-corrected chi connectivity index (χ1v) is 15.6. The van der Waals surface area contributed by atoms with E-state index in [9.17, 15) is 0 Å². The molecule has 170 valence electrons. The fourth-order valence-corrected chi connectivity index (χ4v) is 10.4. The SMILES string of the molecule is CCN(CC)CP(CCP(CN(CC)CC)CN(CC)CC)CN(CC)CC. The topological polar surface area (TPSA) is 13.0 Å². The first-order chi connectivity index (χ1) is 13.5. The number of rotatable bonds is 19. The smallest absolute Gasteiger partial charge is 0.0195 e. The van der Waals surface area contributed by atoms with Crippen LogP contribution in [0.2, 0.25) is 0 Å². The van der Waals surface area contributed by atoms with Gasteiger partial charge >= 0.3 is 0 Å². The number of hydrogen-bond donors (Lipinski definition) is 0. The van der Waals surface area contributed by atoms with E-state index in [0.29, 0.717) is 0 Å². The molecule has 0 aromatic rings. The Morgan fingerprint density at radius 3 is 0.679 bits per heavy atom. The summed E-state index contributed by atoms with van der Waals surface area (Å²) in [5, 5.41) is 0. The quantitative estimate of drug-likeness (QED) is 0.261. The molecular formula is C22H52N4P2. The van der Waals surface area contributed by atoms with Gasteiger partial charge in [0.15, 0.2) is 0 Å². The van der Waals surface area contributed by atoms with Crippen LogP contribution in [0.3, 0.4) is 0 Å². The van der Waals surface area contributed by atoms with E-state index in [-0.39, 0.29) is 15.8 Å². The Hall–Kier alpha value is 0.700. The third-order valence-electron chi connectivity index (χ3n) is 5.91. The minimum Gasteiger partial charge on any atom is -0.300 e. The first kappa shape index (κ1) is 28.7. The van der Waals surface area contributed by atoms with Gasteiger partial charge in [0.2, 0.25) is 0 Å². The van der Waals surface area contributed by atoms with Crippen molar-refractivity contribution in [3.8, 4) is 0 Å². The molecule has 0 aliphatic rings. The average molecular weight is 435 g/mol. The third-order valence-corrected chi connectivity index (χ3v) is 11.2. The zero-order valence-electron chi connectivity index (χ0n) is 20.6. The van der Waals surface area contributed by atoms with Gasteiger partial charge in [0.05, 0.1) is 0 Å². The molecule has 0 aliphatic heterocycles. The molecule has 6 heteroatoms. The van der Waals surface area contributed by atoms with Gasteiger partial charge in [0.25, 0.3) is 0 Å². The van der Waals surface area contributed by atoms with Crippen LogP contribution in [0.25, 0.3) is 0 Å². The molecule has 0 fully saturated rings. The molecule has 0 atom stereocenters. The van der Waals surface area contributed by atoms with E-state index in [0.717, 1.165) is 0 Å². The monoisotopic (exact) mass is 434 g/mol. The van der Waals surface area contributed by atoms with Crippen LogP contribution < -0.4 is 0 Å². The van der Waals surface area contributed by atoms with Crippen molar-refractivity contribution in [1.29, 1.82) is 0 Å². The first-order valence-electron chi connectivity index (χ1n) is 11.8. The van der Waals surface area contributed by atoms with Gasteiger partial charge < -0.3 is 0 Å². The molecule has 0 saturated carbocycles. The molecule has 0 N–H and O–H groups in total. The molecule has 0 aromatic carbocycles. The highest BCUT2D eigenvalue weighted by Crippen LogP contribution is 2.44. The Kier molecular flexibility index (Phi) is 18.9. The minimum absolute atomic E-state index is 0.0688. The van der Waals surface area contributed by atoms with Gasteiger partial charge in [-0.3, -0.25) is 19.6 Å².